The van der Waals surface area contributed by atoms with Crippen molar-refractivity contribution < 1.29 is 9.13 Å². The molecule has 5 rings (SSSR count). The summed E-state index contributed by atoms with van der Waals surface area (Å²) < 4.78 is 19.7. The second-order valence-corrected chi connectivity index (χ2v) is 7.40. The molecule has 156 valence electrons. The van der Waals surface area contributed by atoms with Gasteiger partial charge in [-0.25, -0.2) is 14.4 Å². The summed E-state index contributed by atoms with van der Waals surface area (Å²) in [6, 6.07) is 18.5. The average molecular weight is 415 g/mol. The molecule has 0 saturated carbocycles. The number of hydrogen-bond donors (Lipinski definition) is 0. The van der Waals surface area contributed by atoms with Crippen LogP contribution in [0.5, 0.6) is 5.88 Å². The number of fused-ring (bicyclic) bond motifs is 1. The Morgan fingerprint density at radius 1 is 0.806 bits per heavy atom. The van der Waals surface area contributed by atoms with Gasteiger partial charge in [0, 0.05) is 55.0 Å². The molecule has 31 heavy (non-hydrogen) atoms. The molecule has 0 unspecified atom stereocenters. The SMILES string of the molecule is COc1ccnc(N2CCN(c3ccc4cccc(-c5ccccc5F)c4n3)CC2)n1. The normalized spacial score (nSPS) is 14.1. The van der Waals surface area contributed by atoms with Crippen LogP contribution >= 0.6 is 0 Å². The van der Waals surface area contributed by atoms with Crippen LogP contribution in [0.15, 0.2) is 66.9 Å². The highest BCUT2D eigenvalue weighted by Crippen LogP contribution is 2.31. The van der Waals surface area contributed by atoms with Crippen LogP contribution in [-0.4, -0.2) is 48.2 Å². The molecule has 2 aromatic heterocycles. The maximum absolute atomic E-state index is 14.5. The zero-order valence-corrected chi connectivity index (χ0v) is 17.2. The first kappa shape index (κ1) is 19.2. The van der Waals surface area contributed by atoms with E-state index >= 15 is 0 Å². The number of para-hydroxylation sites is 1. The van der Waals surface area contributed by atoms with E-state index in [1.165, 1.54) is 6.07 Å². The highest BCUT2D eigenvalue weighted by Gasteiger charge is 2.21. The number of pyridine rings is 1. The lowest BCUT2D eigenvalue weighted by Crippen LogP contribution is -2.47. The smallest absolute Gasteiger partial charge is 0.228 e. The Kier molecular flexibility index (Phi) is 5.08. The Morgan fingerprint density at radius 3 is 2.39 bits per heavy atom. The lowest BCUT2D eigenvalue weighted by atomic mass is 10.0. The molecule has 1 saturated heterocycles. The monoisotopic (exact) mass is 415 g/mol. The zero-order valence-electron chi connectivity index (χ0n) is 17.2. The summed E-state index contributed by atoms with van der Waals surface area (Å²) in [5, 5.41) is 0.993. The summed E-state index contributed by atoms with van der Waals surface area (Å²) in [6.45, 7) is 3.14. The van der Waals surface area contributed by atoms with E-state index in [0.717, 1.165) is 48.5 Å². The maximum atomic E-state index is 14.5. The van der Waals surface area contributed by atoms with Gasteiger partial charge in [0.25, 0.3) is 0 Å². The van der Waals surface area contributed by atoms with Crippen LogP contribution in [-0.2, 0) is 0 Å². The lowest BCUT2D eigenvalue weighted by molar-refractivity contribution is 0.396. The molecular weight excluding hydrogens is 393 g/mol. The van der Waals surface area contributed by atoms with E-state index in [0.29, 0.717) is 17.4 Å². The minimum absolute atomic E-state index is 0.242. The Bertz CT molecular complexity index is 1220. The van der Waals surface area contributed by atoms with E-state index in [4.69, 9.17) is 9.72 Å². The van der Waals surface area contributed by atoms with Crippen molar-refractivity contribution in [2.75, 3.05) is 43.1 Å². The molecule has 3 heterocycles. The fraction of sp³-hybridized carbons (Fsp3) is 0.208. The third-order valence-corrected chi connectivity index (χ3v) is 5.58. The molecule has 1 fully saturated rings. The molecule has 0 radical (unpaired) electrons. The predicted molar refractivity (Wildman–Crippen MR) is 120 cm³/mol. The van der Waals surface area contributed by atoms with Gasteiger partial charge in [-0.2, -0.15) is 4.98 Å². The molecule has 4 aromatic rings. The molecule has 0 atom stereocenters. The molecule has 0 amide bonds. The van der Waals surface area contributed by atoms with E-state index in [1.54, 1.807) is 31.5 Å². The molecule has 2 aromatic carbocycles. The molecule has 1 aliphatic heterocycles. The number of rotatable bonds is 4. The molecule has 0 N–H and O–H groups in total. The van der Waals surface area contributed by atoms with Crippen molar-refractivity contribution in [3.05, 3.63) is 72.7 Å². The van der Waals surface area contributed by atoms with Crippen LogP contribution in [0.25, 0.3) is 22.0 Å². The second-order valence-electron chi connectivity index (χ2n) is 7.40. The summed E-state index contributed by atoms with van der Waals surface area (Å²) in [6.07, 6.45) is 1.71. The number of ether oxygens (including phenoxy) is 1. The van der Waals surface area contributed by atoms with Crippen LogP contribution in [0.1, 0.15) is 0 Å². The third-order valence-electron chi connectivity index (χ3n) is 5.58. The van der Waals surface area contributed by atoms with Gasteiger partial charge < -0.3 is 14.5 Å². The molecule has 6 nitrogen and oxygen atoms in total. The Labute approximate surface area is 180 Å². The van der Waals surface area contributed by atoms with Gasteiger partial charge in [0.2, 0.25) is 11.8 Å². The van der Waals surface area contributed by atoms with Crippen molar-refractivity contribution >= 4 is 22.7 Å². The van der Waals surface area contributed by atoms with Gasteiger partial charge in [0.15, 0.2) is 0 Å². The number of anilines is 2. The van der Waals surface area contributed by atoms with E-state index in [9.17, 15) is 4.39 Å². The third kappa shape index (κ3) is 3.74. The van der Waals surface area contributed by atoms with Crippen molar-refractivity contribution in [2.45, 2.75) is 0 Å². The minimum Gasteiger partial charge on any atom is -0.481 e. The molecule has 0 spiro atoms. The summed E-state index contributed by atoms with van der Waals surface area (Å²) in [7, 11) is 1.60. The fourth-order valence-electron chi connectivity index (χ4n) is 3.94. The van der Waals surface area contributed by atoms with Crippen LogP contribution in [0, 0.1) is 5.82 Å². The quantitative estimate of drug-likeness (QED) is 0.499. The van der Waals surface area contributed by atoms with Gasteiger partial charge in [-0.1, -0.05) is 36.4 Å². The number of methoxy groups -OCH3 is 1. The van der Waals surface area contributed by atoms with Gasteiger partial charge in [-0.3, -0.25) is 0 Å². The summed E-state index contributed by atoms with van der Waals surface area (Å²) >= 11 is 0. The highest BCUT2D eigenvalue weighted by molar-refractivity contribution is 5.94. The topological polar surface area (TPSA) is 54.4 Å². The summed E-state index contributed by atoms with van der Waals surface area (Å²) in [5.74, 6) is 1.88. The zero-order chi connectivity index (χ0) is 21.2. The van der Waals surface area contributed by atoms with Crippen LogP contribution in [0.2, 0.25) is 0 Å². The van der Waals surface area contributed by atoms with Crippen molar-refractivity contribution in [2.24, 2.45) is 0 Å². The summed E-state index contributed by atoms with van der Waals surface area (Å²) in [5.41, 5.74) is 2.18. The van der Waals surface area contributed by atoms with Crippen molar-refractivity contribution in [3.8, 4) is 17.0 Å². The average Bonchev–Trinajstić information content (AvgIpc) is 2.84. The Balaban J connectivity index is 1.41. The highest BCUT2D eigenvalue weighted by atomic mass is 19.1. The minimum atomic E-state index is -0.242. The molecular formula is C24H22FN5O. The van der Waals surface area contributed by atoms with Gasteiger partial charge in [-0.15, -0.1) is 0 Å². The number of halogens is 1. The first-order valence-corrected chi connectivity index (χ1v) is 10.2. The van der Waals surface area contributed by atoms with Gasteiger partial charge in [0.1, 0.15) is 11.6 Å². The predicted octanol–water partition coefficient (Wildman–Crippen LogP) is 4.17. The van der Waals surface area contributed by atoms with E-state index in [-0.39, 0.29) is 5.82 Å². The number of benzene rings is 2. The number of piperazine rings is 1. The second kappa shape index (κ2) is 8.18. The van der Waals surface area contributed by atoms with E-state index < -0.39 is 0 Å². The van der Waals surface area contributed by atoms with Gasteiger partial charge in [0.05, 0.1) is 12.6 Å². The van der Waals surface area contributed by atoms with E-state index in [1.807, 2.05) is 30.3 Å². The Hall–Kier alpha value is -3.74. The van der Waals surface area contributed by atoms with Gasteiger partial charge in [-0.05, 0) is 18.2 Å². The standard InChI is InChI=1S/C24H22FN5O/c1-31-22-11-12-26-24(28-22)30-15-13-29(14-16-30)21-10-9-17-5-4-7-19(23(17)27-21)18-6-2-3-8-20(18)25/h2-12H,13-16H2,1H3. The van der Waals surface area contributed by atoms with Crippen molar-refractivity contribution in [1.29, 1.82) is 0 Å². The van der Waals surface area contributed by atoms with Crippen LogP contribution < -0.4 is 14.5 Å². The summed E-state index contributed by atoms with van der Waals surface area (Å²) in [4.78, 5) is 18.1. The fourth-order valence-corrected chi connectivity index (χ4v) is 3.94. The first-order chi connectivity index (χ1) is 15.2. The van der Waals surface area contributed by atoms with E-state index in [2.05, 4.69) is 25.8 Å². The van der Waals surface area contributed by atoms with Crippen molar-refractivity contribution in [1.82, 2.24) is 15.0 Å². The molecule has 1 aliphatic rings. The van der Waals surface area contributed by atoms with Crippen molar-refractivity contribution in [3.63, 3.8) is 0 Å². The van der Waals surface area contributed by atoms with Crippen LogP contribution in [0.3, 0.4) is 0 Å². The number of nitrogens with zero attached hydrogens (tertiary/aromatic N) is 5. The number of hydrogen-bond acceptors (Lipinski definition) is 6. The lowest BCUT2D eigenvalue weighted by Gasteiger charge is -2.35. The molecule has 0 bridgehead atoms. The largest absolute Gasteiger partial charge is 0.481 e. The Morgan fingerprint density at radius 2 is 1.58 bits per heavy atom. The van der Waals surface area contributed by atoms with Gasteiger partial charge >= 0.3 is 0 Å². The number of aromatic nitrogens is 3. The first-order valence-electron chi connectivity index (χ1n) is 10.2. The molecule has 7 heteroatoms. The molecule has 0 aliphatic carbocycles. The maximum Gasteiger partial charge on any atom is 0.228 e. The van der Waals surface area contributed by atoms with Crippen LogP contribution in [0.4, 0.5) is 16.2 Å².